The van der Waals surface area contributed by atoms with Gasteiger partial charge in [0, 0.05) is 24.7 Å². The van der Waals surface area contributed by atoms with Crippen molar-refractivity contribution in [1.29, 1.82) is 0 Å². The first kappa shape index (κ1) is 15.3. The molecule has 3 atom stereocenters. The Morgan fingerprint density at radius 2 is 2.00 bits per heavy atom. The molecule has 20 heavy (non-hydrogen) atoms. The van der Waals surface area contributed by atoms with Gasteiger partial charge in [-0.25, -0.2) is 0 Å². The van der Waals surface area contributed by atoms with Crippen LogP contribution in [0.25, 0.3) is 0 Å². The highest BCUT2D eigenvalue weighted by molar-refractivity contribution is 5.29. The van der Waals surface area contributed by atoms with Crippen molar-refractivity contribution >= 4 is 0 Å². The van der Waals surface area contributed by atoms with Gasteiger partial charge < -0.3 is 10.5 Å². The summed E-state index contributed by atoms with van der Waals surface area (Å²) in [7, 11) is 1.71. The molecule has 1 aliphatic heterocycles. The van der Waals surface area contributed by atoms with Gasteiger partial charge in [-0.1, -0.05) is 25.5 Å². The van der Waals surface area contributed by atoms with Crippen molar-refractivity contribution in [2.75, 3.05) is 13.7 Å². The van der Waals surface area contributed by atoms with Crippen molar-refractivity contribution < 1.29 is 4.74 Å². The average Bonchev–Trinajstić information content (AvgIpc) is 2.50. The molecular weight excluding hydrogens is 248 g/mol. The van der Waals surface area contributed by atoms with Gasteiger partial charge in [0.25, 0.3) is 0 Å². The molecular formula is C17H28N2O. The topological polar surface area (TPSA) is 38.5 Å². The van der Waals surface area contributed by atoms with E-state index in [0.29, 0.717) is 18.1 Å². The number of ether oxygens (including phenoxy) is 1. The maximum absolute atomic E-state index is 6.01. The number of hydrogen-bond acceptors (Lipinski definition) is 3. The van der Waals surface area contributed by atoms with Gasteiger partial charge in [0.15, 0.2) is 0 Å². The van der Waals surface area contributed by atoms with E-state index in [4.69, 9.17) is 10.5 Å². The van der Waals surface area contributed by atoms with E-state index in [1.54, 1.807) is 7.11 Å². The van der Waals surface area contributed by atoms with E-state index >= 15 is 0 Å². The quantitative estimate of drug-likeness (QED) is 0.896. The molecule has 2 N–H and O–H groups in total. The molecule has 0 radical (unpaired) electrons. The highest BCUT2D eigenvalue weighted by atomic mass is 16.5. The van der Waals surface area contributed by atoms with Crippen molar-refractivity contribution in [2.24, 2.45) is 5.73 Å². The van der Waals surface area contributed by atoms with Crippen molar-refractivity contribution in [2.45, 2.75) is 57.7 Å². The third-order valence-electron chi connectivity index (χ3n) is 4.61. The van der Waals surface area contributed by atoms with Crippen LogP contribution in [0.1, 0.15) is 51.1 Å². The van der Waals surface area contributed by atoms with E-state index < -0.39 is 0 Å². The summed E-state index contributed by atoms with van der Waals surface area (Å²) in [6.07, 6.45) is 4.93. The summed E-state index contributed by atoms with van der Waals surface area (Å²) in [4.78, 5) is 2.64. The fourth-order valence-electron chi connectivity index (χ4n) is 3.55. The first-order valence-corrected chi connectivity index (χ1v) is 7.82. The Hall–Kier alpha value is -1.06. The maximum atomic E-state index is 6.01. The van der Waals surface area contributed by atoms with Crippen LogP contribution in [-0.4, -0.2) is 30.6 Å². The summed E-state index contributed by atoms with van der Waals surface area (Å²) in [5.74, 6) is 0.922. The van der Waals surface area contributed by atoms with Crippen LogP contribution in [0.15, 0.2) is 24.3 Å². The fourth-order valence-corrected chi connectivity index (χ4v) is 3.55. The van der Waals surface area contributed by atoms with E-state index in [2.05, 4.69) is 43.0 Å². The molecule has 0 saturated carbocycles. The van der Waals surface area contributed by atoms with Gasteiger partial charge >= 0.3 is 0 Å². The van der Waals surface area contributed by atoms with Crippen molar-refractivity contribution in [3.05, 3.63) is 29.8 Å². The van der Waals surface area contributed by atoms with Gasteiger partial charge in [-0.05, 0) is 43.9 Å². The predicted molar refractivity (Wildman–Crippen MR) is 84.0 cm³/mol. The van der Waals surface area contributed by atoms with Gasteiger partial charge in [-0.2, -0.15) is 0 Å². The van der Waals surface area contributed by atoms with E-state index in [9.17, 15) is 0 Å². The fraction of sp³-hybridized carbons (Fsp3) is 0.647. The summed E-state index contributed by atoms with van der Waals surface area (Å²) in [6, 6.07) is 10.1. The average molecular weight is 276 g/mol. The monoisotopic (exact) mass is 276 g/mol. The maximum Gasteiger partial charge on any atom is 0.118 e. The first-order chi connectivity index (χ1) is 9.71. The minimum Gasteiger partial charge on any atom is -0.497 e. The summed E-state index contributed by atoms with van der Waals surface area (Å²) in [5.41, 5.74) is 7.39. The van der Waals surface area contributed by atoms with Crippen molar-refractivity contribution in [1.82, 2.24) is 4.90 Å². The largest absolute Gasteiger partial charge is 0.497 e. The molecule has 0 spiro atoms. The number of rotatable bonds is 5. The standard InChI is InChI=1S/C17H28N2O/c1-4-17(14-8-10-16(20-3)11-9-14)19-13(2)6-5-7-15(19)12-18/h8-11,13,15,17H,4-7,12,18H2,1-3H3. The third kappa shape index (κ3) is 3.15. The van der Waals surface area contributed by atoms with Crippen LogP contribution < -0.4 is 10.5 Å². The number of nitrogens with zero attached hydrogens (tertiary/aromatic N) is 1. The third-order valence-corrected chi connectivity index (χ3v) is 4.61. The second-order valence-electron chi connectivity index (χ2n) is 5.81. The summed E-state index contributed by atoms with van der Waals surface area (Å²) >= 11 is 0. The SMILES string of the molecule is CCC(c1ccc(OC)cc1)N1C(C)CCCC1CN. The highest BCUT2D eigenvalue weighted by Crippen LogP contribution is 2.34. The molecule has 1 aromatic carbocycles. The Balaban J connectivity index is 2.24. The van der Waals surface area contributed by atoms with Crippen LogP contribution in [0, 0.1) is 0 Å². The molecule has 1 aromatic rings. The second-order valence-corrected chi connectivity index (χ2v) is 5.81. The van der Waals surface area contributed by atoms with Crippen LogP contribution >= 0.6 is 0 Å². The highest BCUT2D eigenvalue weighted by Gasteiger charge is 2.32. The molecule has 3 nitrogen and oxygen atoms in total. The molecule has 1 fully saturated rings. The number of benzene rings is 1. The summed E-state index contributed by atoms with van der Waals surface area (Å²) in [6.45, 7) is 5.37. The minimum absolute atomic E-state index is 0.463. The van der Waals surface area contributed by atoms with Crippen LogP contribution in [0.4, 0.5) is 0 Å². The molecule has 1 aliphatic rings. The zero-order valence-electron chi connectivity index (χ0n) is 13.0. The molecule has 1 saturated heterocycles. The Morgan fingerprint density at radius 1 is 1.30 bits per heavy atom. The van der Waals surface area contributed by atoms with Crippen LogP contribution in [0.3, 0.4) is 0 Å². The van der Waals surface area contributed by atoms with Gasteiger partial charge in [-0.3, -0.25) is 4.90 Å². The van der Waals surface area contributed by atoms with Crippen LogP contribution in [0.2, 0.25) is 0 Å². The van der Waals surface area contributed by atoms with E-state index in [1.807, 2.05) is 0 Å². The molecule has 0 aliphatic carbocycles. The smallest absolute Gasteiger partial charge is 0.118 e. The predicted octanol–water partition coefficient (Wildman–Crippen LogP) is 3.35. The van der Waals surface area contributed by atoms with Gasteiger partial charge in [0.1, 0.15) is 5.75 Å². The molecule has 0 bridgehead atoms. The number of hydrogen-bond donors (Lipinski definition) is 1. The van der Waals surface area contributed by atoms with E-state index in [0.717, 1.165) is 18.7 Å². The lowest BCUT2D eigenvalue weighted by Gasteiger charge is -2.45. The van der Waals surface area contributed by atoms with E-state index in [1.165, 1.54) is 24.8 Å². The minimum atomic E-state index is 0.463. The Morgan fingerprint density at radius 3 is 2.55 bits per heavy atom. The molecule has 3 heteroatoms. The molecule has 0 amide bonds. The van der Waals surface area contributed by atoms with Gasteiger partial charge in [0.2, 0.25) is 0 Å². The first-order valence-electron chi connectivity index (χ1n) is 7.82. The molecule has 1 heterocycles. The van der Waals surface area contributed by atoms with Crippen LogP contribution in [-0.2, 0) is 0 Å². The molecule has 112 valence electrons. The molecule has 0 aromatic heterocycles. The van der Waals surface area contributed by atoms with E-state index in [-0.39, 0.29) is 0 Å². The van der Waals surface area contributed by atoms with Crippen molar-refractivity contribution in [3.63, 3.8) is 0 Å². The van der Waals surface area contributed by atoms with Gasteiger partial charge in [0.05, 0.1) is 7.11 Å². The zero-order chi connectivity index (χ0) is 14.5. The normalized spacial score (nSPS) is 25.4. The number of likely N-dealkylation sites (tertiary alicyclic amines) is 1. The second kappa shape index (κ2) is 7.09. The lowest BCUT2D eigenvalue weighted by molar-refractivity contribution is 0.0472. The molecule has 3 unspecified atom stereocenters. The van der Waals surface area contributed by atoms with Gasteiger partial charge in [-0.15, -0.1) is 0 Å². The lowest BCUT2D eigenvalue weighted by Crippen LogP contribution is -2.50. The lowest BCUT2D eigenvalue weighted by atomic mass is 9.91. The van der Waals surface area contributed by atoms with Crippen LogP contribution in [0.5, 0.6) is 5.75 Å². The Kier molecular flexibility index (Phi) is 5.44. The zero-order valence-corrected chi connectivity index (χ0v) is 13.0. The van der Waals surface area contributed by atoms with Crippen molar-refractivity contribution in [3.8, 4) is 5.75 Å². The number of nitrogens with two attached hydrogens (primary N) is 1. The summed E-state index contributed by atoms with van der Waals surface area (Å²) < 4.78 is 5.26. The molecule has 2 rings (SSSR count). The summed E-state index contributed by atoms with van der Waals surface area (Å²) in [5, 5.41) is 0. The number of piperidine rings is 1. The Bertz CT molecular complexity index is 404. The Labute approximate surface area is 123 Å². The number of methoxy groups -OCH3 is 1.